The number of carboxylic acid groups (broad SMARTS) is 1. The lowest BCUT2D eigenvalue weighted by Gasteiger charge is -2.57. The molecule has 1 amide bonds. The molecule has 3 fully saturated rings. The molecule has 0 heterocycles. The molecule has 44 heavy (non-hydrogen) atoms. The van der Waals surface area contributed by atoms with Crippen LogP contribution in [0.15, 0.2) is 53.3 Å². The van der Waals surface area contributed by atoms with Gasteiger partial charge in [-0.2, -0.15) is 0 Å². The minimum absolute atomic E-state index is 0.0256. The van der Waals surface area contributed by atoms with Crippen LogP contribution in [-0.2, 0) is 35.2 Å². The van der Waals surface area contributed by atoms with Crippen LogP contribution in [0.3, 0.4) is 0 Å². The van der Waals surface area contributed by atoms with Crippen molar-refractivity contribution in [3.63, 3.8) is 0 Å². The molecular weight excluding hydrogens is 558 g/mol. The molecule has 236 valence electrons. The maximum atomic E-state index is 13.9. The van der Waals surface area contributed by atoms with Crippen LogP contribution >= 0.6 is 0 Å². The number of hydrogen-bond donors (Lipinski definition) is 2. The van der Waals surface area contributed by atoms with Gasteiger partial charge in [0.2, 0.25) is 5.91 Å². The number of carbonyl (C=O) groups is 4. The fourth-order valence-electron chi connectivity index (χ4n) is 10.2. The second-order valence-corrected chi connectivity index (χ2v) is 14.3. The molecule has 9 atom stereocenters. The van der Waals surface area contributed by atoms with Crippen LogP contribution in [0.2, 0.25) is 0 Å². The monoisotopic (exact) mass is 603 g/mol. The maximum absolute atomic E-state index is 13.9. The Hall–Kier alpha value is -3.42. The summed E-state index contributed by atoms with van der Waals surface area (Å²) in [5.41, 5.74) is 3.11. The van der Waals surface area contributed by atoms with Crippen molar-refractivity contribution in [2.75, 3.05) is 0 Å². The van der Waals surface area contributed by atoms with Crippen LogP contribution in [0.4, 0.5) is 0 Å². The normalized spacial score (nSPS) is 37.4. The molecule has 0 saturated heterocycles. The zero-order valence-electron chi connectivity index (χ0n) is 26.3. The number of hydrogen-bond acceptors (Lipinski definition) is 6. The first-order valence-corrected chi connectivity index (χ1v) is 16.3. The Balaban J connectivity index is 1.34. The van der Waals surface area contributed by atoms with Crippen LogP contribution in [-0.4, -0.2) is 35.0 Å². The Bertz CT molecular complexity index is 1410. The van der Waals surface area contributed by atoms with Crippen LogP contribution in [0.1, 0.15) is 84.6 Å². The van der Waals surface area contributed by atoms with E-state index in [1.807, 2.05) is 30.3 Å². The summed E-state index contributed by atoms with van der Waals surface area (Å²) in [7, 11) is 0. The summed E-state index contributed by atoms with van der Waals surface area (Å²) >= 11 is 0. The lowest BCUT2D eigenvalue weighted by molar-refractivity contribution is -0.151. The number of carbonyl (C=O) groups excluding carboxylic acids is 3. The number of benzene rings is 1. The first-order chi connectivity index (χ1) is 20.9. The summed E-state index contributed by atoms with van der Waals surface area (Å²) in [4.78, 5) is 50.6. The van der Waals surface area contributed by atoms with Gasteiger partial charge in [-0.1, -0.05) is 55.8 Å². The lowest BCUT2D eigenvalue weighted by Crippen LogP contribution is -2.50. The van der Waals surface area contributed by atoms with Crippen molar-refractivity contribution < 1.29 is 33.8 Å². The SMILES string of the molecule is CC(=O)OC1=C2[C@@H](C[C@H]3[C@@H]4CC=C5C[C@H](OC(C)=O)CC[C@]5(C)[C@H]4CC[C@]23C)[C@@H](C(=O)NCc2ccccc2)[C@@H](C(=O)O)C1. The predicted molar refractivity (Wildman–Crippen MR) is 162 cm³/mol. The number of allylic oxidation sites excluding steroid dienone is 3. The summed E-state index contributed by atoms with van der Waals surface area (Å²) in [6.45, 7) is 7.82. The molecule has 0 aromatic heterocycles. The Morgan fingerprint density at radius 3 is 2.36 bits per heavy atom. The molecular formula is C36H45NO7. The van der Waals surface area contributed by atoms with Crippen molar-refractivity contribution in [3.05, 3.63) is 58.9 Å². The van der Waals surface area contributed by atoms with Crippen LogP contribution < -0.4 is 5.32 Å². The summed E-state index contributed by atoms with van der Waals surface area (Å²) in [5.74, 6) is -2.43. The van der Waals surface area contributed by atoms with Crippen molar-refractivity contribution in [3.8, 4) is 0 Å². The molecule has 8 heteroatoms. The number of amides is 1. The third-order valence-corrected chi connectivity index (χ3v) is 12.0. The van der Waals surface area contributed by atoms with Crippen LogP contribution in [0, 0.1) is 46.3 Å². The van der Waals surface area contributed by atoms with E-state index in [0.717, 1.165) is 49.7 Å². The molecule has 0 spiro atoms. The number of nitrogens with one attached hydrogen (secondary N) is 1. The van der Waals surface area contributed by atoms with Gasteiger partial charge in [-0.15, -0.1) is 0 Å². The van der Waals surface area contributed by atoms with E-state index in [4.69, 9.17) is 9.47 Å². The van der Waals surface area contributed by atoms with E-state index in [0.29, 0.717) is 30.6 Å². The first-order valence-electron chi connectivity index (χ1n) is 16.3. The first kappa shape index (κ1) is 30.6. The highest BCUT2D eigenvalue weighted by molar-refractivity contribution is 5.86. The number of ether oxygens (including phenoxy) is 2. The smallest absolute Gasteiger partial charge is 0.307 e. The average Bonchev–Trinajstić information content (AvgIpc) is 3.29. The number of aliphatic carboxylic acids is 1. The van der Waals surface area contributed by atoms with E-state index in [-0.39, 0.29) is 47.1 Å². The molecule has 2 N–H and O–H groups in total. The quantitative estimate of drug-likeness (QED) is 0.304. The van der Waals surface area contributed by atoms with Gasteiger partial charge in [-0.3, -0.25) is 19.2 Å². The Labute approximate surface area is 259 Å². The Kier molecular flexibility index (Phi) is 8.00. The maximum Gasteiger partial charge on any atom is 0.307 e. The predicted octanol–water partition coefficient (Wildman–Crippen LogP) is 5.96. The highest BCUT2D eigenvalue weighted by Gasteiger charge is 2.64. The van der Waals surface area contributed by atoms with Gasteiger partial charge in [0, 0.05) is 33.2 Å². The lowest BCUT2D eigenvalue weighted by atomic mass is 9.47. The molecule has 0 aliphatic heterocycles. The van der Waals surface area contributed by atoms with Crippen LogP contribution in [0.5, 0.6) is 0 Å². The highest BCUT2D eigenvalue weighted by atomic mass is 16.5. The molecule has 0 radical (unpaired) electrons. The number of rotatable bonds is 6. The van der Waals surface area contributed by atoms with E-state index in [2.05, 4.69) is 25.2 Å². The molecule has 1 aromatic carbocycles. The van der Waals surface area contributed by atoms with Gasteiger partial charge in [-0.05, 0) is 84.2 Å². The second kappa shape index (κ2) is 11.5. The zero-order valence-corrected chi connectivity index (χ0v) is 26.3. The van der Waals surface area contributed by atoms with Crippen molar-refractivity contribution in [2.45, 2.75) is 91.7 Å². The molecule has 5 aliphatic carbocycles. The standard InChI is InChI=1S/C36H45NO7/c1-20(38)43-24-12-14-35(3)23(16-24)10-11-25-28(35)13-15-36(4)29(25)17-26-31(33(40)37-19-22-8-6-5-7-9-22)27(34(41)42)18-30(32(26)36)44-21(2)39/h5-10,24-29,31H,11-19H2,1-4H3,(H,37,40)(H,41,42)/t24-,25-,26+,27+,28+,29+,31-,35+,36+/m1/s1. The van der Waals surface area contributed by atoms with E-state index in [1.54, 1.807) is 0 Å². The molecule has 1 aromatic rings. The van der Waals surface area contributed by atoms with E-state index >= 15 is 0 Å². The topological polar surface area (TPSA) is 119 Å². The van der Waals surface area contributed by atoms with Gasteiger partial charge in [-0.25, -0.2) is 0 Å². The fraction of sp³-hybridized carbons (Fsp3) is 0.611. The molecule has 8 nitrogen and oxygen atoms in total. The van der Waals surface area contributed by atoms with Gasteiger partial charge in [0.25, 0.3) is 0 Å². The number of fused-ring (bicyclic) bond motifs is 7. The van der Waals surface area contributed by atoms with Crippen molar-refractivity contribution in [2.24, 2.45) is 46.3 Å². The van der Waals surface area contributed by atoms with Gasteiger partial charge in [0.05, 0.1) is 11.8 Å². The summed E-state index contributed by atoms with van der Waals surface area (Å²) in [6.07, 6.45) is 8.52. The van der Waals surface area contributed by atoms with E-state index in [1.165, 1.54) is 19.4 Å². The second-order valence-electron chi connectivity index (χ2n) is 14.3. The molecule has 5 aliphatic rings. The largest absolute Gasteiger partial charge is 0.481 e. The highest BCUT2D eigenvalue weighted by Crippen LogP contribution is 2.70. The van der Waals surface area contributed by atoms with Crippen molar-refractivity contribution >= 4 is 23.8 Å². The molecule has 6 rings (SSSR count). The minimum atomic E-state index is -1.03. The summed E-state index contributed by atoms with van der Waals surface area (Å²) < 4.78 is 11.4. The minimum Gasteiger partial charge on any atom is -0.481 e. The Morgan fingerprint density at radius 1 is 0.955 bits per heavy atom. The van der Waals surface area contributed by atoms with Gasteiger partial charge in [0.1, 0.15) is 11.9 Å². The average molecular weight is 604 g/mol. The summed E-state index contributed by atoms with van der Waals surface area (Å²) in [6, 6.07) is 9.64. The van der Waals surface area contributed by atoms with Gasteiger partial charge < -0.3 is 19.9 Å². The van der Waals surface area contributed by atoms with Crippen molar-refractivity contribution in [1.29, 1.82) is 0 Å². The van der Waals surface area contributed by atoms with Crippen LogP contribution in [0.25, 0.3) is 0 Å². The van der Waals surface area contributed by atoms with Gasteiger partial charge in [0.15, 0.2) is 0 Å². The fourth-order valence-corrected chi connectivity index (χ4v) is 10.2. The molecule has 3 saturated carbocycles. The third kappa shape index (κ3) is 5.18. The zero-order chi connectivity index (χ0) is 31.4. The number of carboxylic acids is 1. The van der Waals surface area contributed by atoms with Crippen molar-refractivity contribution in [1.82, 2.24) is 5.32 Å². The Morgan fingerprint density at radius 2 is 1.68 bits per heavy atom. The van der Waals surface area contributed by atoms with Gasteiger partial charge >= 0.3 is 17.9 Å². The summed E-state index contributed by atoms with van der Waals surface area (Å²) in [5, 5.41) is 13.4. The van der Waals surface area contributed by atoms with E-state index < -0.39 is 23.8 Å². The molecule has 0 unspecified atom stereocenters. The molecule has 0 bridgehead atoms. The number of esters is 2. The van der Waals surface area contributed by atoms with E-state index in [9.17, 15) is 24.3 Å². The third-order valence-electron chi connectivity index (χ3n) is 12.0.